The Morgan fingerprint density at radius 3 is 2.95 bits per heavy atom. The number of hydrogen-bond donors (Lipinski definition) is 1. The monoisotopic (exact) mass is 296 g/mol. The van der Waals surface area contributed by atoms with Crippen LogP contribution < -0.4 is 10.1 Å². The number of aryl methyl sites for hydroxylation is 2. The van der Waals surface area contributed by atoms with E-state index in [-0.39, 0.29) is 16.5 Å². The minimum Gasteiger partial charge on any atom is -0.473 e. The molecule has 7 heteroatoms. The molecule has 2 rings (SSSR count). The van der Waals surface area contributed by atoms with Crippen molar-refractivity contribution >= 4 is 5.69 Å². The quantitative estimate of drug-likeness (QED) is 0.616. The molecule has 1 aromatic heterocycles. The Balaban J connectivity index is 1.99. The van der Waals surface area contributed by atoms with Crippen LogP contribution in [0.5, 0.6) is 5.88 Å². The van der Waals surface area contributed by atoms with Crippen LogP contribution >= 0.6 is 0 Å². The fourth-order valence-corrected chi connectivity index (χ4v) is 2.77. The van der Waals surface area contributed by atoms with E-state index in [0.29, 0.717) is 24.8 Å². The van der Waals surface area contributed by atoms with Crippen molar-refractivity contribution in [2.24, 2.45) is 7.05 Å². The molecule has 1 saturated heterocycles. The van der Waals surface area contributed by atoms with E-state index in [1.54, 1.807) is 7.05 Å². The highest BCUT2D eigenvalue weighted by atomic mass is 16.6. The number of nitrogens with one attached hydrogen (secondary N) is 1. The zero-order valence-electron chi connectivity index (χ0n) is 12.8. The highest BCUT2D eigenvalue weighted by molar-refractivity contribution is 5.46. The van der Waals surface area contributed by atoms with Crippen LogP contribution in [-0.2, 0) is 13.5 Å². The lowest BCUT2D eigenvalue weighted by atomic mass is 10.0. The second-order valence-corrected chi connectivity index (χ2v) is 5.52. The lowest BCUT2D eigenvalue weighted by Crippen LogP contribution is -2.35. The van der Waals surface area contributed by atoms with Gasteiger partial charge in [-0.2, -0.15) is 5.10 Å². The molecular formula is C14H24N4O3. The summed E-state index contributed by atoms with van der Waals surface area (Å²) >= 11 is 0. The van der Waals surface area contributed by atoms with E-state index in [9.17, 15) is 10.1 Å². The second kappa shape index (κ2) is 7.40. The first-order valence-corrected chi connectivity index (χ1v) is 7.70. The van der Waals surface area contributed by atoms with Crippen LogP contribution in [0.1, 0.15) is 44.7 Å². The summed E-state index contributed by atoms with van der Waals surface area (Å²) in [6.07, 6.45) is 5.90. The smallest absolute Gasteiger partial charge is 0.353 e. The van der Waals surface area contributed by atoms with E-state index < -0.39 is 0 Å². The number of rotatable bonds is 7. The minimum absolute atomic E-state index is 0.0240. The summed E-state index contributed by atoms with van der Waals surface area (Å²) in [7, 11) is 1.69. The molecule has 0 spiro atoms. The third-order valence-corrected chi connectivity index (χ3v) is 3.83. The molecule has 1 fully saturated rings. The van der Waals surface area contributed by atoms with Crippen LogP contribution in [0.4, 0.5) is 5.69 Å². The van der Waals surface area contributed by atoms with E-state index >= 15 is 0 Å². The lowest BCUT2D eigenvalue weighted by molar-refractivity contribution is -0.386. The normalized spacial score (nSPS) is 18.7. The van der Waals surface area contributed by atoms with Gasteiger partial charge in [0, 0.05) is 13.1 Å². The van der Waals surface area contributed by atoms with Gasteiger partial charge in [-0.15, -0.1) is 0 Å². The van der Waals surface area contributed by atoms with E-state index in [4.69, 9.17) is 4.74 Å². The Kier molecular flexibility index (Phi) is 5.55. The summed E-state index contributed by atoms with van der Waals surface area (Å²) in [6.45, 7) is 3.51. The largest absolute Gasteiger partial charge is 0.473 e. The third kappa shape index (κ3) is 3.93. The molecule has 0 radical (unpaired) electrons. The number of aromatic nitrogens is 2. The van der Waals surface area contributed by atoms with Gasteiger partial charge in [-0.1, -0.05) is 19.8 Å². The Labute approximate surface area is 124 Å². The second-order valence-electron chi connectivity index (χ2n) is 5.52. The molecule has 0 aliphatic carbocycles. The molecule has 2 heterocycles. The SMILES string of the molecule is CCCc1nn(C)c(OCCC2CCCCN2)c1[N+](=O)[O-]. The third-order valence-electron chi connectivity index (χ3n) is 3.83. The summed E-state index contributed by atoms with van der Waals surface area (Å²) in [5.74, 6) is 0.277. The number of ether oxygens (including phenoxy) is 1. The van der Waals surface area contributed by atoms with Crippen molar-refractivity contribution < 1.29 is 9.66 Å². The number of nitrogens with zero attached hydrogens (tertiary/aromatic N) is 3. The molecule has 0 aromatic carbocycles. The first kappa shape index (κ1) is 15.8. The molecule has 0 saturated carbocycles. The fraction of sp³-hybridized carbons (Fsp3) is 0.786. The van der Waals surface area contributed by atoms with Gasteiger partial charge < -0.3 is 10.1 Å². The number of nitro groups is 1. The molecule has 1 N–H and O–H groups in total. The summed E-state index contributed by atoms with van der Waals surface area (Å²) in [5.41, 5.74) is 0.534. The van der Waals surface area contributed by atoms with Crippen LogP contribution in [0.15, 0.2) is 0 Å². The van der Waals surface area contributed by atoms with Crippen LogP contribution in [-0.4, -0.2) is 33.9 Å². The summed E-state index contributed by atoms with van der Waals surface area (Å²) < 4.78 is 7.16. The maximum Gasteiger partial charge on any atom is 0.353 e. The predicted octanol–water partition coefficient (Wildman–Crippen LogP) is 2.19. The zero-order chi connectivity index (χ0) is 15.2. The molecule has 1 aliphatic rings. The van der Waals surface area contributed by atoms with Crippen LogP contribution in [0.2, 0.25) is 0 Å². The predicted molar refractivity (Wildman–Crippen MR) is 79.6 cm³/mol. The van der Waals surface area contributed by atoms with Gasteiger partial charge in [-0.3, -0.25) is 10.1 Å². The highest BCUT2D eigenvalue weighted by Crippen LogP contribution is 2.31. The van der Waals surface area contributed by atoms with Crippen molar-refractivity contribution in [3.05, 3.63) is 15.8 Å². The average molecular weight is 296 g/mol. The maximum absolute atomic E-state index is 11.3. The van der Waals surface area contributed by atoms with E-state index in [1.807, 2.05) is 6.92 Å². The van der Waals surface area contributed by atoms with E-state index in [2.05, 4.69) is 10.4 Å². The number of piperidine rings is 1. The standard InChI is InChI=1S/C14H24N4O3/c1-3-6-12-13(18(19)20)14(17(2)16-12)21-10-8-11-7-4-5-9-15-11/h11,15H,3-10H2,1-2H3. The van der Waals surface area contributed by atoms with Crippen LogP contribution in [0, 0.1) is 10.1 Å². The van der Waals surface area contributed by atoms with Gasteiger partial charge >= 0.3 is 5.69 Å². The first-order chi connectivity index (χ1) is 10.1. The average Bonchev–Trinajstić information content (AvgIpc) is 2.77. The Morgan fingerprint density at radius 1 is 1.52 bits per heavy atom. The van der Waals surface area contributed by atoms with Crippen molar-refractivity contribution in [3.63, 3.8) is 0 Å². The summed E-state index contributed by atoms with van der Waals surface area (Å²) in [5, 5.41) is 18.9. The van der Waals surface area contributed by atoms with Crippen molar-refractivity contribution in [1.82, 2.24) is 15.1 Å². The molecule has 1 aliphatic heterocycles. The van der Waals surface area contributed by atoms with Gasteiger partial charge in [0.15, 0.2) is 0 Å². The molecule has 0 amide bonds. The van der Waals surface area contributed by atoms with Crippen LogP contribution in [0.3, 0.4) is 0 Å². The van der Waals surface area contributed by atoms with Gasteiger partial charge in [-0.05, 0) is 32.2 Å². The highest BCUT2D eigenvalue weighted by Gasteiger charge is 2.27. The van der Waals surface area contributed by atoms with Crippen molar-refractivity contribution in [3.8, 4) is 5.88 Å². The van der Waals surface area contributed by atoms with Gasteiger partial charge in [0.05, 0.1) is 11.5 Å². The van der Waals surface area contributed by atoms with Gasteiger partial charge in [0.2, 0.25) is 0 Å². The molecule has 0 bridgehead atoms. The Bertz CT molecular complexity index is 481. The van der Waals surface area contributed by atoms with Gasteiger partial charge in [0.1, 0.15) is 5.69 Å². The molecule has 118 valence electrons. The molecule has 1 atom stereocenters. The fourth-order valence-electron chi connectivity index (χ4n) is 2.77. The van der Waals surface area contributed by atoms with Crippen molar-refractivity contribution in [1.29, 1.82) is 0 Å². The minimum atomic E-state index is -0.383. The van der Waals surface area contributed by atoms with E-state index in [0.717, 1.165) is 25.8 Å². The Morgan fingerprint density at radius 2 is 2.33 bits per heavy atom. The first-order valence-electron chi connectivity index (χ1n) is 7.70. The molecule has 1 aromatic rings. The molecule has 1 unspecified atom stereocenters. The van der Waals surface area contributed by atoms with Crippen LogP contribution in [0.25, 0.3) is 0 Å². The summed E-state index contributed by atoms with van der Waals surface area (Å²) in [6, 6.07) is 0.459. The molecular weight excluding hydrogens is 272 g/mol. The molecule has 21 heavy (non-hydrogen) atoms. The topological polar surface area (TPSA) is 82.2 Å². The maximum atomic E-state index is 11.3. The zero-order valence-corrected chi connectivity index (χ0v) is 12.8. The van der Waals surface area contributed by atoms with Gasteiger partial charge in [0.25, 0.3) is 5.88 Å². The Hall–Kier alpha value is -1.63. The lowest BCUT2D eigenvalue weighted by Gasteiger charge is -2.23. The van der Waals surface area contributed by atoms with E-state index in [1.165, 1.54) is 17.5 Å². The molecule has 7 nitrogen and oxygen atoms in total. The summed E-state index contributed by atoms with van der Waals surface area (Å²) in [4.78, 5) is 10.9. The van der Waals surface area contributed by atoms with Crippen molar-refractivity contribution in [2.75, 3.05) is 13.2 Å². The van der Waals surface area contributed by atoms with Crippen molar-refractivity contribution in [2.45, 2.75) is 51.5 Å². The number of hydrogen-bond acceptors (Lipinski definition) is 5. The van der Waals surface area contributed by atoms with Gasteiger partial charge in [-0.25, -0.2) is 4.68 Å².